The van der Waals surface area contributed by atoms with Crippen LogP contribution in [0, 0.1) is 11.6 Å². The molecule has 0 aliphatic rings. The quantitative estimate of drug-likeness (QED) is 0.794. The van der Waals surface area contributed by atoms with Crippen LogP contribution in [0.5, 0.6) is 0 Å². The van der Waals surface area contributed by atoms with E-state index in [-0.39, 0.29) is 12.3 Å². The third-order valence-corrected chi connectivity index (χ3v) is 3.05. The van der Waals surface area contributed by atoms with Crippen molar-refractivity contribution in [2.24, 2.45) is 0 Å². The zero-order valence-corrected chi connectivity index (χ0v) is 11.7. The van der Waals surface area contributed by atoms with Gasteiger partial charge in [-0.1, -0.05) is 30.3 Å². The fourth-order valence-corrected chi connectivity index (χ4v) is 2.09. The highest BCUT2D eigenvalue weighted by molar-refractivity contribution is 5.89. The summed E-state index contributed by atoms with van der Waals surface area (Å²) in [6.07, 6.45) is 0.328. The van der Waals surface area contributed by atoms with Gasteiger partial charge in [0.2, 0.25) is 0 Å². The molecule has 0 aliphatic carbocycles. The largest absolute Gasteiger partial charge is 0.396 e. The summed E-state index contributed by atoms with van der Waals surface area (Å²) in [6, 6.07) is 10.9. The molecule has 22 heavy (non-hydrogen) atoms. The average Bonchev–Trinajstić information content (AvgIpc) is 2.46. The number of carbonyl (C=O) groups excluding carboxylic acids is 1. The second-order valence-corrected chi connectivity index (χ2v) is 4.73. The van der Waals surface area contributed by atoms with Crippen LogP contribution < -0.4 is 10.6 Å². The van der Waals surface area contributed by atoms with Crippen LogP contribution in [0.15, 0.2) is 48.5 Å². The van der Waals surface area contributed by atoms with Crippen LogP contribution in [-0.4, -0.2) is 17.7 Å². The van der Waals surface area contributed by atoms with Crippen molar-refractivity contribution >= 4 is 11.7 Å². The maximum absolute atomic E-state index is 13.1. The number of hydrogen-bond acceptors (Lipinski definition) is 2. The number of nitrogens with one attached hydrogen (secondary N) is 2. The van der Waals surface area contributed by atoms with Crippen LogP contribution in [0.4, 0.5) is 19.3 Å². The van der Waals surface area contributed by atoms with Gasteiger partial charge in [-0.25, -0.2) is 13.6 Å². The van der Waals surface area contributed by atoms with E-state index in [1.54, 1.807) is 0 Å². The number of aliphatic hydroxyl groups excluding tert-OH is 1. The van der Waals surface area contributed by atoms with Gasteiger partial charge < -0.3 is 15.7 Å². The molecule has 0 heterocycles. The Labute approximate surface area is 126 Å². The number of aliphatic hydroxyl groups is 1. The molecule has 0 radical (unpaired) electrons. The van der Waals surface area contributed by atoms with Gasteiger partial charge in [-0.2, -0.15) is 0 Å². The monoisotopic (exact) mass is 306 g/mol. The number of benzene rings is 2. The Balaban J connectivity index is 2.05. The summed E-state index contributed by atoms with van der Waals surface area (Å²) in [4.78, 5) is 11.9. The van der Waals surface area contributed by atoms with E-state index in [0.29, 0.717) is 6.42 Å². The molecule has 0 fully saturated rings. The highest BCUT2D eigenvalue weighted by Gasteiger charge is 2.14. The molecule has 2 amide bonds. The van der Waals surface area contributed by atoms with Crippen LogP contribution >= 0.6 is 0 Å². The van der Waals surface area contributed by atoms with Gasteiger partial charge in [0.15, 0.2) is 0 Å². The third-order valence-electron chi connectivity index (χ3n) is 3.05. The zero-order valence-electron chi connectivity index (χ0n) is 11.7. The Bertz CT molecular complexity index is 615. The first kappa shape index (κ1) is 15.9. The van der Waals surface area contributed by atoms with E-state index in [9.17, 15) is 13.6 Å². The molecule has 0 saturated heterocycles. The predicted molar refractivity (Wildman–Crippen MR) is 79.4 cm³/mol. The standard InChI is InChI=1S/C16H16F2N2O2/c17-12-8-13(18)10-14(9-12)19-16(22)20-15(6-7-21)11-4-2-1-3-5-11/h1-5,8-10,15,21H,6-7H2,(H2,19,20,22)/t15-/m1/s1. The van der Waals surface area contributed by atoms with Gasteiger partial charge in [0.1, 0.15) is 11.6 Å². The van der Waals surface area contributed by atoms with E-state index in [4.69, 9.17) is 5.11 Å². The molecular weight excluding hydrogens is 290 g/mol. The second kappa shape index (κ2) is 7.51. The molecule has 0 saturated carbocycles. The van der Waals surface area contributed by atoms with Crippen molar-refractivity contribution in [3.63, 3.8) is 0 Å². The third kappa shape index (κ3) is 4.53. The zero-order chi connectivity index (χ0) is 15.9. The van der Waals surface area contributed by atoms with Gasteiger partial charge in [0.05, 0.1) is 6.04 Å². The highest BCUT2D eigenvalue weighted by atomic mass is 19.1. The Kier molecular flexibility index (Phi) is 5.43. The fraction of sp³-hybridized carbons (Fsp3) is 0.188. The molecule has 6 heteroatoms. The van der Waals surface area contributed by atoms with E-state index in [0.717, 1.165) is 23.8 Å². The average molecular weight is 306 g/mol. The smallest absolute Gasteiger partial charge is 0.319 e. The number of carbonyl (C=O) groups is 1. The maximum atomic E-state index is 13.1. The van der Waals surface area contributed by atoms with Crippen molar-refractivity contribution in [3.05, 3.63) is 65.7 Å². The molecule has 0 bridgehead atoms. The second-order valence-electron chi connectivity index (χ2n) is 4.73. The van der Waals surface area contributed by atoms with Gasteiger partial charge in [-0.05, 0) is 24.1 Å². The number of anilines is 1. The van der Waals surface area contributed by atoms with Gasteiger partial charge in [-0.15, -0.1) is 0 Å². The van der Waals surface area contributed by atoms with Crippen molar-refractivity contribution in [3.8, 4) is 0 Å². The highest BCUT2D eigenvalue weighted by Crippen LogP contribution is 2.17. The van der Waals surface area contributed by atoms with Crippen molar-refractivity contribution in [2.75, 3.05) is 11.9 Å². The first-order valence-electron chi connectivity index (χ1n) is 6.78. The van der Waals surface area contributed by atoms with Crippen LogP contribution in [0.3, 0.4) is 0 Å². The number of urea groups is 1. The summed E-state index contributed by atoms with van der Waals surface area (Å²) in [6.45, 7) is -0.103. The number of hydrogen-bond donors (Lipinski definition) is 3. The first-order chi connectivity index (χ1) is 10.6. The maximum Gasteiger partial charge on any atom is 0.319 e. The summed E-state index contributed by atoms with van der Waals surface area (Å²) in [5.41, 5.74) is 0.850. The lowest BCUT2D eigenvalue weighted by Gasteiger charge is -2.18. The number of amides is 2. The Hall–Kier alpha value is -2.47. The van der Waals surface area contributed by atoms with E-state index >= 15 is 0 Å². The lowest BCUT2D eigenvalue weighted by Crippen LogP contribution is -2.33. The minimum Gasteiger partial charge on any atom is -0.396 e. The molecule has 3 N–H and O–H groups in total. The molecule has 4 nitrogen and oxygen atoms in total. The normalized spacial score (nSPS) is 11.8. The summed E-state index contributed by atoms with van der Waals surface area (Å²) in [5.74, 6) is -1.55. The molecule has 0 aromatic heterocycles. The Morgan fingerprint density at radius 3 is 2.32 bits per heavy atom. The van der Waals surface area contributed by atoms with Crippen LogP contribution in [0.1, 0.15) is 18.0 Å². The molecule has 2 rings (SSSR count). The molecule has 1 atom stereocenters. The number of rotatable bonds is 5. The molecule has 2 aromatic carbocycles. The van der Waals surface area contributed by atoms with Crippen LogP contribution in [0.25, 0.3) is 0 Å². The van der Waals surface area contributed by atoms with Crippen LogP contribution in [0.2, 0.25) is 0 Å². The summed E-state index contributed by atoms with van der Waals surface area (Å²) < 4.78 is 26.2. The van der Waals surface area contributed by atoms with Gasteiger partial charge in [0, 0.05) is 18.4 Å². The van der Waals surface area contributed by atoms with Gasteiger partial charge in [0.25, 0.3) is 0 Å². The van der Waals surface area contributed by atoms with E-state index in [2.05, 4.69) is 10.6 Å². The summed E-state index contributed by atoms with van der Waals surface area (Å²) >= 11 is 0. The van der Waals surface area contributed by atoms with E-state index in [1.165, 1.54) is 0 Å². The minimum absolute atomic E-state index is 0.0193. The topological polar surface area (TPSA) is 61.4 Å². The van der Waals surface area contributed by atoms with Crippen molar-refractivity contribution < 1.29 is 18.7 Å². The molecule has 0 spiro atoms. The summed E-state index contributed by atoms with van der Waals surface area (Å²) in [7, 11) is 0. The molecule has 2 aromatic rings. The van der Waals surface area contributed by atoms with E-state index < -0.39 is 23.7 Å². The fourth-order valence-electron chi connectivity index (χ4n) is 2.09. The van der Waals surface area contributed by atoms with Gasteiger partial charge in [-0.3, -0.25) is 0 Å². The van der Waals surface area contributed by atoms with E-state index in [1.807, 2.05) is 30.3 Å². The SMILES string of the molecule is O=C(Nc1cc(F)cc(F)c1)N[C@H](CCO)c1ccccc1. The lowest BCUT2D eigenvalue weighted by molar-refractivity contribution is 0.239. The van der Waals surface area contributed by atoms with Crippen molar-refractivity contribution in [2.45, 2.75) is 12.5 Å². The Morgan fingerprint density at radius 2 is 1.73 bits per heavy atom. The van der Waals surface area contributed by atoms with Crippen molar-refractivity contribution in [1.82, 2.24) is 5.32 Å². The molecule has 0 unspecified atom stereocenters. The molecular formula is C16H16F2N2O2. The first-order valence-corrected chi connectivity index (χ1v) is 6.78. The van der Waals surface area contributed by atoms with Crippen molar-refractivity contribution in [1.29, 1.82) is 0 Å². The Morgan fingerprint density at radius 1 is 1.09 bits per heavy atom. The molecule has 116 valence electrons. The minimum atomic E-state index is -0.773. The van der Waals surface area contributed by atoms with Gasteiger partial charge >= 0.3 is 6.03 Å². The predicted octanol–water partition coefficient (Wildman–Crippen LogP) is 3.21. The van der Waals surface area contributed by atoms with Crippen LogP contribution in [-0.2, 0) is 0 Å². The molecule has 0 aliphatic heterocycles. The summed E-state index contributed by atoms with van der Waals surface area (Å²) in [5, 5.41) is 14.1. The number of halogens is 2. The lowest BCUT2D eigenvalue weighted by atomic mass is 10.0.